The van der Waals surface area contributed by atoms with Gasteiger partial charge in [-0.1, -0.05) is 17.7 Å². The van der Waals surface area contributed by atoms with Gasteiger partial charge in [0.2, 0.25) is 5.91 Å². The van der Waals surface area contributed by atoms with Crippen molar-refractivity contribution >= 4 is 11.8 Å². The average Bonchev–Trinajstić information content (AvgIpc) is 2.75. The van der Waals surface area contributed by atoms with E-state index in [1.54, 1.807) is 24.3 Å². The Morgan fingerprint density at radius 2 is 1.81 bits per heavy atom. The number of hydrogen-bond donors (Lipinski definition) is 5. The molecule has 1 aromatic rings. The molecular weight excluding hydrogens is 276 g/mol. The quantitative estimate of drug-likeness (QED) is 0.374. The van der Waals surface area contributed by atoms with Gasteiger partial charge in [0.05, 0.1) is 18.1 Å². The fourth-order valence-corrected chi connectivity index (χ4v) is 2.50. The number of rotatable bonds is 3. The summed E-state index contributed by atoms with van der Waals surface area (Å²) >= 11 is 0. The molecule has 4 atom stereocenters. The minimum Gasteiger partial charge on any atom is -0.390 e. The van der Waals surface area contributed by atoms with Crippen molar-refractivity contribution in [1.29, 1.82) is 0 Å². The Bertz CT molecular complexity index is 531. The van der Waals surface area contributed by atoms with Gasteiger partial charge in [0, 0.05) is 5.56 Å². The second-order valence-corrected chi connectivity index (χ2v) is 5.24. The molecular formula is C14H18N2O5. The fourth-order valence-electron chi connectivity index (χ4n) is 2.50. The third kappa shape index (κ3) is 3.21. The molecule has 114 valence electrons. The van der Waals surface area contributed by atoms with Crippen LogP contribution in [0.15, 0.2) is 24.3 Å². The van der Waals surface area contributed by atoms with E-state index < -0.39 is 36.0 Å². The molecule has 0 unspecified atom stereocenters. The number of aliphatic hydroxyl groups excluding tert-OH is 2. The van der Waals surface area contributed by atoms with Gasteiger partial charge >= 0.3 is 0 Å². The maximum absolute atomic E-state index is 12.1. The van der Waals surface area contributed by atoms with Crippen LogP contribution in [0.4, 0.5) is 0 Å². The molecule has 7 nitrogen and oxygen atoms in total. The predicted octanol–water partition coefficient (Wildman–Crippen LogP) is -0.659. The SMILES string of the molecule is Cc1ccc(C(=O)N[C@@H]2[C@H](O)[C@H](O)C[C@@H]2C(=O)NO)cc1. The van der Waals surface area contributed by atoms with Gasteiger partial charge in [-0.3, -0.25) is 14.8 Å². The van der Waals surface area contributed by atoms with E-state index >= 15 is 0 Å². The zero-order chi connectivity index (χ0) is 15.6. The fraction of sp³-hybridized carbons (Fsp3) is 0.429. The molecule has 21 heavy (non-hydrogen) atoms. The highest BCUT2D eigenvalue weighted by Crippen LogP contribution is 2.27. The van der Waals surface area contributed by atoms with E-state index in [1.165, 1.54) is 5.48 Å². The summed E-state index contributed by atoms with van der Waals surface area (Å²) in [6.07, 6.45) is -2.43. The molecule has 5 N–H and O–H groups in total. The minimum atomic E-state index is -1.26. The van der Waals surface area contributed by atoms with E-state index in [9.17, 15) is 19.8 Å². The number of carbonyl (C=O) groups is 2. The molecule has 0 bridgehead atoms. The lowest BCUT2D eigenvalue weighted by Crippen LogP contribution is -2.49. The Balaban J connectivity index is 2.13. The van der Waals surface area contributed by atoms with Crippen LogP contribution in [-0.4, -0.2) is 45.5 Å². The molecule has 7 heteroatoms. The average molecular weight is 294 g/mol. The molecule has 1 fully saturated rings. The van der Waals surface area contributed by atoms with Crippen LogP contribution < -0.4 is 10.8 Å². The first-order chi connectivity index (χ1) is 9.93. The van der Waals surface area contributed by atoms with Crippen molar-refractivity contribution in [2.75, 3.05) is 0 Å². The van der Waals surface area contributed by atoms with E-state index in [0.717, 1.165) is 5.56 Å². The number of aliphatic hydroxyl groups is 2. The van der Waals surface area contributed by atoms with E-state index in [1.807, 2.05) is 6.92 Å². The highest BCUT2D eigenvalue weighted by Gasteiger charge is 2.46. The van der Waals surface area contributed by atoms with Crippen LogP contribution >= 0.6 is 0 Å². The van der Waals surface area contributed by atoms with E-state index in [-0.39, 0.29) is 6.42 Å². The van der Waals surface area contributed by atoms with Crippen molar-refractivity contribution in [2.45, 2.75) is 31.6 Å². The van der Waals surface area contributed by atoms with Gasteiger partial charge in [-0.25, -0.2) is 5.48 Å². The number of nitrogens with one attached hydrogen (secondary N) is 2. The molecule has 2 amide bonds. The van der Waals surface area contributed by atoms with Crippen molar-refractivity contribution in [3.8, 4) is 0 Å². The first-order valence-electron chi connectivity index (χ1n) is 6.61. The molecule has 2 rings (SSSR count). The lowest BCUT2D eigenvalue weighted by molar-refractivity contribution is -0.134. The maximum atomic E-state index is 12.1. The highest BCUT2D eigenvalue weighted by atomic mass is 16.5. The number of aryl methyl sites for hydroxylation is 1. The Morgan fingerprint density at radius 1 is 1.19 bits per heavy atom. The summed E-state index contributed by atoms with van der Waals surface area (Å²) in [4.78, 5) is 23.7. The van der Waals surface area contributed by atoms with E-state index in [4.69, 9.17) is 5.21 Å². The molecule has 1 aliphatic rings. The number of benzene rings is 1. The lowest BCUT2D eigenvalue weighted by Gasteiger charge is -2.22. The van der Waals surface area contributed by atoms with Crippen molar-refractivity contribution in [2.24, 2.45) is 5.92 Å². The molecule has 0 heterocycles. The van der Waals surface area contributed by atoms with Gasteiger partial charge in [0.15, 0.2) is 0 Å². The molecule has 1 aromatic carbocycles. The molecule has 0 aromatic heterocycles. The number of carbonyl (C=O) groups excluding carboxylic acids is 2. The van der Waals surface area contributed by atoms with Crippen LogP contribution in [0.3, 0.4) is 0 Å². The summed E-state index contributed by atoms with van der Waals surface area (Å²) in [6, 6.07) is 5.84. The zero-order valence-electron chi connectivity index (χ0n) is 11.5. The van der Waals surface area contributed by atoms with E-state index in [0.29, 0.717) is 5.56 Å². The Labute approximate surface area is 121 Å². The van der Waals surface area contributed by atoms with Gasteiger partial charge in [0.1, 0.15) is 6.10 Å². The maximum Gasteiger partial charge on any atom is 0.251 e. The van der Waals surface area contributed by atoms with E-state index in [2.05, 4.69) is 5.32 Å². The third-order valence-electron chi connectivity index (χ3n) is 3.75. The smallest absolute Gasteiger partial charge is 0.251 e. The second kappa shape index (κ2) is 6.21. The molecule has 1 saturated carbocycles. The summed E-state index contributed by atoms with van der Waals surface area (Å²) in [6.45, 7) is 1.89. The first kappa shape index (κ1) is 15.4. The van der Waals surface area contributed by atoms with Crippen molar-refractivity contribution < 1.29 is 25.0 Å². The molecule has 0 aliphatic heterocycles. The monoisotopic (exact) mass is 294 g/mol. The summed E-state index contributed by atoms with van der Waals surface area (Å²) in [5, 5.41) is 30.8. The largest absolute Gasteiger partial charge is 0.390 e. The summed E-state index contributed by atoms with van der Waals surface area (Å²) in [5.41, 5.74) is 2.87. The Morgan fingerprint density at radius 3 is 2.38 bits per heavy atom. The Hall–Kier alpha value is -1.96. The lowest BCUT2D eigenvalue weighted by atomic mass is 10.0. The van der Waals surface area contributed by atoms with Crippen LogP contribution in [0.1, 0.15) is 22.3 Å². The van der Waals surface area contributed by atoms with Gasteiger partial charge in [-0.05, 0) is 25.5 Å². The summed E-state index contributed by atoms with van der Waals surface area (Å²) in [5.74, 6) is -2.10. The van der Waals surface area contributed by atoms with Crippen LogP contribution in [0, 0.1) is 12.8 Å². The van der Waals surface area contributed by atoms with Crippen LogP contribution in [-0.2, 0) is 4.79 Å². The normalized spacial score (nSPS) is 28.2. The zero-order valence-corrected chi connectivity index (χ0v) is 11.5. The Kier molecular flexibility index (Phi) is 4.56. The van der Waals surface area contributed by atoms with Crippen LogP contribution in [0.25, 0.3) is 0 Å². The number of hydrogen-bond acceptors (Lipinski definition) is 5. The van der Waals surface area contributed by atoms with Gasteiger partial charge in [-0.2, -0.15) is 0 Å². The first-order valence-corrected chi connectivity index (χ1v) is 6.61. The van der Waals surface area contributed by atoms with Crippen molar-refractivity contribution in [3.63, 3.8) is 0 Å². The highest BCUT2D eigenvalue weighted by molar-refractivity contribution is 5.95. The number of amides is 2. The van der Waals surface area contributed by atoms with Crippen LogP contribution in [0.2, 0.25) is 0 Å². The molecule has 0 saturated heterocycles. The summed E-state index contributed by atoms with van der Waals surface area (Å²) in [7, 11) is 0. The van der Waals surface area contributed by atoms with Crippen molar-refractivity contribution in [3.05, 3.63) is 35.4 Å². The topological polar surface area (TPSA) is 119 Å². The molecule has 1 aliphatic carbocycles. The van der Waals surface area contributed by atoms with Crippen molar-refractivity contribution in [1.82, 2.24) is 10.8 Å². The molecule has 0 radical (unpaired) electrons. The van der Waals surface area contributed by atoms with Gasteiger partial charge in [0.25, 0.3) is 5.91 Å². The van der Waals surface area contributed by atoms with Crippen LogP contribution in [0.5, 0.6) is 0 Å². The third-order valence-corrected chi connectivity index (χ3v) is 3.75. The van der Waals surface area contributed by atoms with Gasteiger partial charge in [-0.15, -0.1) is 0 Å². The van der Waals surface area contributed by atoms with Gasteiger partial charge < -0.3 is 15.5 Å². The minimum absolute atomic E-state index is 0.0353. The molecule has 0 spiro atoms. The number of hydroxylamine groups is 1. The summed E-state index contributed by atoms with van der Waals surface area (Å²) < 4.78 is 0. The predicted molar refractivity (Wildman–Crippen MR) is 72.5 cm³/mol. The standard InChI is InChI=1S/C14H18N2O5/c1-7-2-4-8(5-3-7)13(19)15-11-9(14(20)16-21)6-10(17)12(11)18/h2-5,9-12,17-18,21H,6H2,1H3,(H,15,19)(H,16,20)/t9-,10+,11-,12+/m0/s1. The second-order valence-electron chi connectivity index (χ2n) is 5.24.